The fourth-order valence-corrected chi connectivity index (χ4v) is 1.15. The second-order valence-corrected chi connectivity index (χ2v) is 2.87. The zero-order valence-corrected chi connectivity index (χ0v) is 7.77. The number of allylic oxidation sites excluding steroid dienone is 1. The lowest BCUT2D eigenvalue weighted by atomic mass is 10.2. The summed E-state index contributed by atoms with van der Waals surface area (Å²) >= 11 is 5.74. The number of carbonyl (C=O) groups is 1. The first-order valence-corrected chi connectivity index (χ1v) is 4.08. The van der Waals surface area contributed by atoms with E-state index in [2.05, 4.69) is 0 Å². The van der Waals surface area contributed by atoms with Gasteiger partial charge in [-0.2, -0.15) is 0 Å². The lowest BCUT2D eigenvalue weighted by Crippen LogP contribution is -1.87. The molecular formula is C9H6ClNO3. The highest BCUT2D eigenvalue weighted by Crippen LogP contribution is 2.23. The van der Waals surface area contributed by atoms with Crippen molar-refractivity contribution in [2.45, 2.75) is 0 Å². The lowest BCUT2D eigenvalue weighted by molar-refractivity contribution is -0.384. The minimum atomic E-state index is -0.529. The molecule has 0 heterocycles. The van der Waals surface area contributed by atoms with Crippen molar-refractivity contribution < 1.29 is 9.72 Å². The predicted octanol–water partition coefficient (Wildman–Crippen LogP) is 2.46. The summed E-state index contributed by atoms with van der Waals surface area (Å²) in [4.78, 5) is 19.8. The van der Waals surface area contributed by atoms with Crippen LogP contribution in [-0.4, -0.2) is 11.2 Å². The molecule has 0 unspecified atom stereocenters. The third-order valence-electron chi connectivity index (χ3n) is 1.55. The standard InChI is InChI=1S/C9H6ClNO3/c10-9-6-8(11(13)14)4-3-7(9)2-1-5-12/h1-6H/b2-1+. The van der Waals surface area contributed by atoms with Crippen molar-refractivity contribution in [3.63, 3.8) is 0 Å². The van der Waals surface area contributed by atoms with Gasteiger partial charge in [-0.1, -0.05) is 17.7 Å². The van der Waals surface area contributed by atoms with Crippen LogP contribution in [0.15, 0.2) is 24.3 Å². The quantitative estimate of drug-likeness (QED) is 0.334. The smallest absolute Gasteiger partial charge is 0.270 e. The molecule has 0 aliphatic heterocycles. The fourth-order valence-electron chi connectivity index (χ4n) is 0.908. The lowest BCUT2D eigenvalue weighted by Gasteiger charge is -1.96. The van der Waals surface area contributed by atoms with Crippen LogP contribution in [0.25, 0.3) is 6.08 Å². The molecule has 14 heavy (non-hydrogen) atoms. The molecule has 0 N–H and O–H groups in total. The number of aldehydes is 1. The monoisotopic (exact) mass is 211 g/mol. The summed E-state index contributed by atoms with van der Waals surface area (Å²) in [5, 5.41) is 10.6. The van der Waals surface area contributed by atoms with E-state index in [1.165, 1.54) is 30.4 Å². The Morgan fingerprint density at radius 3 is 2.64 bits per heavy atom. The van der Waals surface area contributed by atoms with Crippen LogP contribution in [-0.2, 0) is 4.79 Å². The van der Waals surface area contributed by atoms with Gasteiger partial charge in [0.2, 0.25) is 0 Å². The number of nitro groups is 1. The first-order valence-electron chi connectivity index (χ1n) is 3.71. The molecule has 0 aromatic heterocycles. The van der Waals surface area contributed by atoms with Crippen molar-refractivity contribution >= 4 is 29.7 Å². The van der Waals surface area contributed by atoms with E-state index in [1.807, 2.05) is 0 Å². The predicted molar refractivity (Wildman–Crippen MR) is 53.2 cm³/mol. The Kier molecular flexibility index (Phi) is 3.36. The molecule has 0 fully saturated rings. The Morgan fingerprint density at radius 2 is 2.14 bits per heavy atom. The second-order valence-electron chi connectivity index (χ2n) is 2.46. The van der Waals surface area contributed by atoms with E-state index in [0.717, 1.165) is 0 Å². The highest BCUT2D eigenvalue weighted by atomic mass is 35.5. The number of non-ortho nitro benzene ring substituents is 1. The molecule has 0 bridgehead atoms. The van der Waals surface area contributed by atoms with Crippen molar-refractivity contribution in [3.8, 4) is 0 Å². The van der Waals surface area contributed by atoms with Crippen molar-refractivity contribution in [1.29, 1.82) is 0 Å². The second kappa shape index (κ2) is 4.53. The Morgan fingerprint density at radius 1 is 1.43 bits per heavy atom. The van der Waals surface area contributed by atoms with Crippen LogP contribution in [0.5, 0.6) is 0 Å². The largest absolute Gasteiger partial charge is 0.299 e. The van der Waals surface area contributed by atoms with Crippen molar-refractivity contribution in [3.05, 3.63) is 45.0 Å². The van der Waals surface area contributed by atoms with Gasteiger partial charge in [0.15, 0.2) is 0 Å². The van der Waals surface area contributed by atoms with Crippen LogP contribution >= 0.6 is 11.6 Å². The van der Waals surface area contributed by atoms with E-state index in [4.69, 9.17) is 11.6 Å². The van der Waals surface area contributed by atoms with E-state index in [9.17, 15) is 14.9 Å². The van der Waals surface area contributed by atoms with E-state index < -0.39 is 4.92 Å². The molecule has 0 radical (unpaired) electrons. The molecule has 0 atom stereocenters. The van der Waals surface area contributed by atoms with Gasteiger partial charge in [-0.3, -0.25) is 14.9 Å². The summed E-state index contributed by atoms with van der Waals surface area (Å²) in [5.74, 6) is 0. The summed E-state index contributed by atoms with van der Waals surface area (Å²) in [5.41, 5.74) is 0.502. The number of benzene rings is 1. The molecule has 0 aliphatic carbocycles. The van der Waals surface area contributed by atoms with E-state index in [-0.39, 0.29) is 10.7 Å². The summed E-state index contributed by atoms with van der Waals surface area (Å²) < 4.78 is 0. The fraction of sp³-hybridized carbons (Fsp3) is 0. The highest BCUT2D eigenvalue weighted by molar-refractivity contribution is 6.32. The maximum absolute atomic E-state index is 10.4. The minimum Gasteiger partial charge on any atom is -0.299 e. The Bertz CT molecular complexity index is 401. The molecule has 5 heteroatoms. The van der Waals surface area contributed by atoms with Crippen LogP contribution in [0.3, 0.4) is 0 Å². The van der Waals surface area contributed by atoms with Crippen LogP contribution in [0, 0.1) is 10.1 Å². The first kappa shape index (κ1) is 10.4. The number of hydrogen-bond acceptors (Lipinski definition) is 3. The van der Waals surface area contributed by atoms with E-state index in [1.54, 1.807) is 0 Å². The van der Waals surface area contributed by atoms with Crippen LogP contribution in [0.2, 0.25) is 5.02 Å². The average molecular weight is 212 g/mol. The first-order chi connectivity index (χ1) is 6.65. The molecule has 4 nitrogen and oxygen atoms in total. The van der Waals surface area contributed by atoms with Crippen molar-refractivity contribution in [2.24, 2.45) is 0 Å². The zero-order valence-electron chi connectivity index (χ0n) is 7.01. The molecule has 72 valence electrons. The summed E-state index contributed by atoms with van der Waals surface area (Å²) in [6.07, 6.45) is 3.36. The Balaban J connectivity index is 3.07. The van der Waals surface area contributed by atoms with Crippen molar-refractivity contribution in [1.82, 2.24) is 0 Å². The van der Waals surface area contributed by atoms with Gasteiger partial charge in [0.05, 0.1) is 9.95 Å². The SMILES string of the molecule is O=C/C=C/c1ccc([N+](=O)[O-])cc1Cl. The summed E-state index contributed by atoms with van der Waals surface area (Å²) in [6, 6.07) is 4.06. The molecular weight excluding hydrogens is 206 g/mol. The van der Waals surface area contributed by atoms with Gasteiger partial charge < -0.3 is 0 Å². The maximum atomic E-state index is 10.4. The number of nitrogens with zero attached hydrogens (tertiary/aromatic N) is 1. The van der Waals surface area contributed by atoms with Crippen LogP contribution < -0.4 is 0 Å². The molecule has 1 rings (SSSR count). The number of hydrogen-bond donors (Lipinski definition) is 0. The number of nitro benzene ring substituents is 1. The topological polar surface area (TPSA) is 60.2 Å². The summed E-state index contributed by atoms with van der Waals surface area (Å²) in [7, 11) is 0. The number of halogens is 1. The Labute approximate surface area is 85.0 Å². The van der Waals surface area contributed by atoms with Gasteiger partial charge in [0, 0.05) is 12.1 Å². The van der Waals surface area contributed by atoms with E-state index in [0.29, 0.717) is 11.8 Å². The molecule has 0 saturated carbocycles. The van der Waals surface area contributed by atoms with Gasteiger partial charge in [-0.15, -0.1) is 0 Å². The molecule has 0 saturated heterocycles. The Hall–Kier alpha value is -1.68. The maximum Gasteiger partial charge on any atom is 0.270 e. The number of carbonyl (C=O) groups excluding carboxylic acids is 1. The van der Waals surface area contributed by atoms with Crippen LogP contribution in [0.1, 0.15) is 5.56 Å². The third-order valence-corrected chi connectivity index (χ3v) is 1.88. The van der Waals surface area contributed by atoms with Crippen molar-refractivity contribution in [2.75, 3.05) is 0 Å². The zero-order chi connectivity index (χ0) is 10.6. The van der Waals surface area contributed by atoms with Gasteiger partial charge in [-0.05, 0) is 17.7 Å². The van der Waals surface area contributed by atoms with Gasteiger partial charge in [-0.25, -0.2) is 0 Å². The molecule has 1 aromatic rings. The summed E-state index contributed by atoms with van der Waals surface area (Å²) in [6.45, 7) is 0. The van der Waals surface area contributed by atoms with Crippen LogP contribution in [0.4, 0.5) is 5.69 Å². The highest BCUT2D eigenvalue weighted by Gasteiger charge is 2.07. The minimum absolute atomic E-state index is 0.0711. The molecule has 1 aromatic carbocycles. The third kappa shape index (κ3) is 2.40. The van der Waals surface area contributed by atoms with Gasteiger partial charge in [0.1, 0.15) is 6.29 Å². The molecule has 0 aliphatic rings. The average Bonchev–Trinajstić information content (AvgIpc) is 2.15. The van der Waals surface area contributed by atoms with Gasteiger partial charge in [0.25, 0.3) is 5.69 Å². The van der Waals surface area contributed by atoms with Gasteiger partial charge >= 0.3 is 0 Å². The van der Waals surface area contributed by atoms with E-state index >= 15 is 0 Å². The normalized spacial score (nSPS) is 10.4. The molecule has 0 amide bonds. The number of rotatable bonds is 3. The molecule has 0 spiro atoms.